The van der Waals surface area contributed by atoms with Crippen molar-refractivity contribution in [1.29, 1.82) is 0 Å². The van der Waals surface area contributed by atoms with Crippen molar-refractivity contribution in [3.63, 3.8) is 0 Å². The van der Waals surface area contributed by atoms with E-state index >= 15 is 0 Å². The number of rotatable bonds is 7. The van der Waals surface area contributed by atoms with Crippen LogP contribution in [-0.2, 0) is 14.3 Å². The van der Waals surface area contributed by atoms with Gasteiger partial charge in [-0.3, -0.25) is 9.59 Å². The number of carbonyl (C=O) groups excluding carboxylic acids is 2. The molecule has 4 rings (SSSR count). The lowest BCUT2D eigenvalue weighted by Gasteiger charge is -2.37. The highest BCUT2D eigenvalue weighted by Crippen LogP contribution is 2.44. The van der Waals surface area contributed by atoms with Gasteiger partial charge in [0, 0.05) is 19.0 Å². The number of carbonyl (C=O) groups is 3. The van der Waals surface area contributed by atoms with Gasteiger partial charge in [0.2, 0.25) is 5.91 Å². The number of carboxylic acid groups (broad SMARTS) is 1. The molecule has 0 bridgehead atoms. The van der Waals surface area contributed by atoms with Crippen LogP contribution in [-0.4, -0.2) is 53.7 Å². The Labute approximate surface area is 206 Å². The highest BCUT2D eigenvalue weighted by Gasteiger charge is 2.37. The third-order valence-corrected chi connectivity index (χ3v) is 7.23. The molecular formula is C28H34N2O5. The Bertz CT molecular complexity index is 1050. The molecule has 3 atom stereocenters. The average molecular weight is 479 g/mol. The average Bonchev–Trinajstić information content (AvgIpc) is 3.15. The first kappa shape index (κ1) is 24.8. The predicted molar refractivity (Wildman–Crippen MR) is 133 cm³/mol. The highest BCUT2D eigenvalue weighted by atomic mass is 16.5. The number of ether oxygens (including phenoxy) is 1. The van der Waals surface area contributed by atoms with Crippen LogP contribution >= 0.6 is 0 Å². The molecule has 2 unspecified atom stereocenters. The Morgan fingerprint density at radius 3 is 2.23 bits per heavy atom. The number of fused-ring (bicyclic) bond motifs is 3. The van der Waals surface area contributed by atoms with E-state index in [0.717, 1.165) is 22.3 Å². The number of nitrogens with zero attached hydrogens (tertiary/aromatic N) is 1. The number of alkyl carbamates (subject to hydrolysis) is 1. The number of likely N-dealkylation sites (tertiary alicyclic amines) is 1. The second-order valence-electron chi connectivity index (χ2n) is 10.1. The van der Waals surface area contributed by atoms with Gasteiger partial charge in [0.25, 0.3) is 0 Å². The number of piperidine rings is 1. The monoisotopic (exact) mass is 478 g/mol. The van der Waals surface area contributed by atoms with Gasteiger partial charge >= 0.3 is 12.1 Å². The van der Waals surface area contributed by atoms with E-state index in [1.807, 2.05) is 45.0 Å². The number of amides is 2. The molecule has 7 nitrogen and oxygen atoms in total. The molecule has 1 aliphatic carbocycles. The predicted octanol–water partition coefficient (Wildman–Crippen LogP) is 4.51. The van der Waals surface area contributed by atoms with Gasteiger partial charge in [-0.15, -0.1) is 0 Å². The van der Waals surface area contributed by atoms with E-state index < -0.39 is 24.0 Å². The van der Waals surface area contributed by atoms with E-state index in [1.54, 1.807) is 4.90 Å². The molecule has 2 amide bonds. The molecule has 186 valence electrons. The standard InChI is InChI=1S/C28H34N2O5/c1-17(2)14-25(26(31)30-13-12-18(3)23(15-30)27(32)33)29-28(34)35-16-24-21-10-6-4-8-19(21)20-9-5-7-11-22(20)24/h4-11,17-18,23-25H,12-16H2,1-3H3,(H,29,34)(H,32,33)/t18?,23?,25-/m0/s1. The second-order valence-corrected chi connectivity index (χ2v) is 10.1. The smallest absolute Gasteiger partial charge is 0.407 e. The normalized spacial score (nSPS) is 20.2. The van der Waals surface area contributed by atoms with Crippen LogP contribution in [0.3, 0.4) is 0 Å². The van der Waals surface area contributed by atoms with Crippen LogP contribution in [0.1, 0.15) is 50.7 Å². The molecule has 0 aromatic heterocycles. The van der Waals surface area contributed by atoms with Crippen molar-refractivity contribution < 1.29 is 24.2 Å². The minimum absolute atomic E-state index is 0.00944. The lowest BCUT2D eigenvalue weighted by atomic mass is 9.86. The number of hydrogen-bond acceptors (Lipinski definition) is 4. The van der Waals surface area contributed by atoms with Gasteiger partial charge in [-0.1, -0.05) is 69.3 Å². The summed E-state index contributed by atoms with van der Waals surface area (Å²) in [7, 11) is 0. The van der Waals surface area contributed by atoms with Crippen molar-refractivity contribution in [3.05, 3.63) is 59.7 Å². The van der Waals surface area contributed by atoms with Gasteiger partial charge in [0.15, 0.2) is 0 Å². The molecule has 2 aromatic rings. The van der Waals surface area contributed by atoms with Crippen LogP contribution in [0.2, 0.25) is 0 Å². The van der Waals surface area contributed by atoms with Gasteiger partial charge in [-0.05, 0) is 46.9 Å². The van der Waals surface area contributed by atoms with E-state index in [1.165, 1.54) is 0 Å². The van der Waals surface area contributed by atoms with E-state index in [9.17, 15) is 19.5 Å². The van der Waals surface area contributed by atoms with Crippen LogP contribution in [0.5, 0.6) is 0 Å². The molecule has 1 aliphatic heterocycles. The maximum absolute atomic E-state index is 13.3. The van der Waals surface area contributed by atoms with Crippen molar-refractivity contribution in [2.45, 2.75) is 45.6 Å². The molecular weight excluding hydrogens is 444 g/mol. The largest absolute Gasteiger partial charge is 0.481 e. The van der Waals surface area contributed by atoms with E-state index in [0.29, 0.717) is 19.4 Å². The summed E-state index contributed by atoms with van der Waals surface area (Å²) < 4.78 is 5.65. The van der Waals surface area contributed by atoms with Gasteiger partial charge in [-0.25, -0.2) is 4.79 Å². The number of nitrogens with one attached hydrogen (secondary N) is 1. The van der Waals surface area contributed by atoms with Crippen LogP contribution in [0.4, 0.5) is 4.79 Å². The van der Waals surface area contributed by atoms with Crippen LogP contribution in [0.15, 0.2) is 48.5 Å². The van der Waals surface area contributed by atoms with Crippen LogP contribution < -0.4 is 5.32 Å². The Kier molecular flexibility index (Phi) is 7.43. The Hall–Kier alpha value is -3.35. The fourth-order valence-electron chi connectivity index (χ4n) is 5.29. The molecule has 0 saturated carbocycles. The van der Waals surface area contributed by atoms with Crippen molar-refractivity contribution in [2.24, 2.45) is 17.8 Å². The SMILES string of the molecule is CC(C)C[C@H](NC(=O)OCC1c2ccccc2-c2ccccc21)C(=O)N1CCC(C)C(C(=O)O)C1. The Morgan fingerprint density at radius 1 is 1.06 bits per heavy atom. The van der Waals surface area contributed by atoms with Gasteiger partial charge < -0.3 is 20.1 Å². The number of carboxylic acids is 1. The van der Waals surface area contributed by atoms with E-state index in [-0.39, 0.29) is 36.8 Å². The summed E-state index contributed by atoms with van der Waals surface area (Å²) in [6.45, 7) is 6.70. The molecule has 2 aliphatic rings. The van der Waals surface area contributed by atoms with Crippen LogP contribution in [0, 0.1) is 17.8 Å². The molecule has 7 heteroatoms. The zero-order valence-electron chi connectivity index (χ0n) is 20.6. The summed E-state index contributed by atoms with van der Waals surface area (Å²) in [6.07, 6.45) is 0.445. The fourth-order valence-corrected chi connectivity index (χ4v) is 5.29. The van der Waals surface area contributed by atoms with Crippen molar-refractivity contribution in [2.75, 3.05) is 19.7 Å². The van der Waals surface area contributed by atoms with Crippen molar-refractivity contribution >= 4 is 18.0 Å². The summed E-state index contributed by atoms with van der Waals surface area (Å²) in [4.78, 5) is 39.3. The lowest BCUT2D eigenvalue weighted by Crippen LogP contribution is -2.54. The van der Waals surface area contributed by atoms with Gasteiger partial charge in [0.05, 0.1) is 5.92 Å². The molecule has 0 radical (unpaired) electrons. The van der Waals surface area contributed by atoms with Crippen LogP contribution in [0.25, 0.3) is 11.1 Å². The van der Waals surface area contributed by atoms with Gasteiger partial charge in [-0.2, -0.15) is 0 Å². The van der Waals surface area contributed by atoms with Crippen molar-refractivity contribution in [1.82, 2.24) is 10.2 Å². The number of benzene rings is 2. The Morgan fingerprint density at radius 2 is 1.66 bits per heavy atom. The quantitative estimate of drug-likeness (QED) is 0.611. The molecule has 2 N–H and O–H groups in total. The maximum Gasteiger partial charge on any atom is 0.407 e. The zero-order chi connectivity index (χ0) is 25.1. The molecule has 1 heterocycles. The van der Waals surface area contributed by atoms with E-state index in [4.69, 9.17) is 4.74 Å². The summed E-state index contributed by atoms with van der Waals surface area (Å²) in [5, 5.41) is 12.3. The molecule has 2 aromatic carbocycles. The lowest BCUT2D eigenvalue weighted by molar-refractivity contribution is -0.148. The third kappa shape index (κ3) is 5.34. The minimum Gasteiger partial charge on any atom is -0.481 e. The summed E-state index contributed by atoms with van der Waals surface area (Å²) in [5.74, 6) is -1.62. The Balaban J connectivity index is 1.42. The molecule has 0 spiro atoms. The molecule has 35 heavy (non-hydrogen) atoms. The molecule has 1 saturated heterocycles. The topological polar surface area (TPSA) is 95.9 Å². The summed E-state index contributed by atoms with van der Waals surface area (Å²) >= 11 is 0. The third-order valence-electron chi connectivity index (χ3n) is 7.23. The first-order valence-electron chi connectivity index (χ1n) is 12.4. The van der Waals surface area contributed by atoms with Crippen molar-refractivity contribution in [3.8, 4) is 11.1 Å². The first-order chi connectivity index (χ1) is 16.8. The maximum atomic E-state index is 13.3. The summed E-state index contributed by atoms with van der Waals surface area (Å²) in [5.41, 5.74) is 4.55. The number of aliphatic carboxylic acids is 1. The second kappa shape index (κ2) is 10.5. The van der Waals surface area contributed by atoms with Gasteiger partial charge in [0.1, 0.15) is 12.6 Å². The van der Waals surface area contributed by atoms with E-state index in [2.05, 4.69) is 29.6 Å². The summed E-state index contributed by atoms with van der Waals surface area (Å²) in [6, 6.07) is 15.5. The minimum atomic E-state index is -0.889. The first-order valence-corrected chi connectivity index (χ1v) is 12.4. The number of hydrogen-bond donors (Lipinski definition) is 2. The molecule has 1 fully saturated rings. The highest BCUT2D eigenvalue weighted by molar-refractivity contribution is 5.86. The fraction of sp³-hybridized carbons (Fsp3) is 0.464. The zero-order valence-corrected chi connectivity index (χ0v) is 20.6.